The van der Waals surface area contributed by atoms with E-state index in [1.54, 1.807) is 0 Å². The molecule has 2 rings (SSSR count). The van der Waals surface area contributed by atoms with Crippen LogP contribution in [0.25, 0.3) is 0 Å². The highest BCUT2D eigenvalue weighted by molar-refractivity contribution is 6.30. The third-order valence-electron chi connectivity index (χ3n) is 3.71. The fourth-order valence-corrected chi connectivity index (χ4v) is 2.96. The van der Waals surface area contributed by atoms with Gasteiger partial charge >= 0.3 is 0 Å². The Morgan fingerprint density at radius 2 is 2.18 bits per heavy atom. The fraction of sp³-hybridized carbons (Fsp3) is 0.571. The SMILES string of the molecule is CC1CCN(c2ccc(Cl)cc2CN)C(C)C1. The zero-order valence-corrected chi connectivity index (χ0v) is 11.4. The van der Waals surface area contributed by atoms with Crippen molar-refractivity contribution in [2.75, 3.05) is 11.4 Å². The number of rotatable bonds is 2. The van der Waals surface area contributed by atoms with Crippen LogP contribution in [-0.4, -0.2) is 12.6 Å². The van der Waals surface area contributed by atoms with Crippen molar-refractivity contribution in [1.82, 2.24) is 0 Å². The molecule has 1 aliphatic heterocycles. The largest absolute Gasteiger partial charge is 0.369 e. The molecule has 0 amide bonds. The molecule has 1 aliphatic rings. The predicted octanol–water partition coefficient (Wildman–Crippen LogP) is 3.42. The van der Waals surface area contributed by atoms with Crippen LogP contribution >= 0.6 is 11.6 Å². The van der Waals surface area contributed by atoms with Crippen LogP contribution in [0.4, 0.5) is 5.69 Å². The Morgan fingerprint density at radius 3 is 2.82 bits per heavy atom. The van der Waals surface area contributed by atoms with Gasteiger partial charge in [0.1, 0.15) is 0 Å². The highest BCUT2D eigenvalue weighted by Crippen LogP contribution is 2.31. The van der Waals surface area contributed by atoms with Crippen molar-refractivity contribution in [3.63, 3.8) is 0 Å². The molecule has 1 heterocycles. The monoisotopic (exact) mass is 252 g/mol. The van der Waals surface area contributed by atoms with Gasteiger partial charge in [-0.3, -0.25) is 0 Å². The van der Waals surface area contributed by atoms with E-state index in [2.05, 4.69) is 24.8 Å². The van der Waals surface area contributed by atoms with Gasteiger partial charge in [-0.15, -0.1) is 0 Å². The van der Waals surface area contributed by atoms with Crippen LogP contribution in [0, 0.1) is 5.92 Å². The first-order chi connectivity index (χ1) is 8.11. The molecule has 0 radical (unpaired) electrons. The van der Waals surface area contributed by atoms with Gasteiger partial charge in [-0.05, 0) is 49.4 Å². The highest BCUT2D eigenvalue weighted by Gasteiger charge is 2.24. The van der Waals surface area contributed by atoms with Crippen molar-refractivity contribution in [1.29, 1.82) is 0 Å². The van der Waals surface area contributed by atoms with Crippen molar-refractivity contribution in [2.24, 2.45) is 11.7 Å². The normalized spacial score (nSPS) is 25.1. The Kier molecular flexibility index (Phi) is 3.95. The summed E-state index contributed by atoms with van der Waals surface area (Å²) >= 11 is 6.02. The molecule has 17 heavy (non-hydrogen) atoms. The molecule has 0 saturated carbocycles. The number of halogens is 1. The molecule has 1 aromatic carbocycles. The van der Waals surface area contributed by atoms with E-state index in [4.69, 9.17) is 17.3 Å². The number of piperidine rings is 1. The highest BCUT2D eigenvalue weighted by atomic mass is 35.5. The second-order valence-corrected chi connectivity index (χ2v) is 5.59. The van der Waals surface area contributed by atoms with Crippen LogP contribution < -0.4 is 10.6 Å². The van der Waals surface area contributed by atoms with Crippen LogP contribution in [0.15, 0.2) is 18.2 Å². The summed E-state index contributed by atoms with van der Waals surface area (Å²) in [6.45, 7) is 6.30. The third kappa shape index (κ3) is 2.75. The van der Waals surface area contributed by atoms with E-state index in [0.717, 1.165) is 23.0 Å². The van der Waals surface area contributed by atoms with Crippen LogP contribution in [0.1, 0.15) is 32.3 Å². The Bertz CT molecular complexity index is 392. The summed E-state index contributed by atoms with van der Waals surface area (Å²) in [6.07, 6.45) is 2.52. The minimum Gasteiger partial charge on any atom is -0.369 e. The van der Waals surface area contributed by atoms with Crippen LogP contribution in [0.5, 0.6) is 0 Å². The Morgan fingerprint density at radius 1 is 1.41 bits per heavy atom. The lowest BCUT2D eigenvalue weighted by molar-refractivity contribution is 0.377. The molecule has 0 aliphatic carbocycles. The van der Waals surface area contributed by atoms with Gasteiger partial charge in [0.15, 0.2) is 0 Å². The van der Waals surface area contributed by atoms with Gasteiger partial charge in [-0.25, -0.2) is 0 Å². The summed E-state index contributed by atoms with van der Waals surface area (Å²) in [5, 5.41) is 0.771. The summed E-state index contributed by atoms with van der Waals surface area (Å²) in [5.74, 6) is 0.829. The maximum absolute atomic E-state index is 6.02. The van der Waals surface area contributed by atoms with Crippen LogP contribution in [0.3, 0.4) is 0 Å². The molecule has 3 heteroatoms. The van der Waals surface area contributed by atoms with Gasteiger partial charge in [-0.1, -0.05) is 18.5 Å². The molecule has 0 spiro atoms. The predicted molar refractivity (Wildman–Crippen MR) is 74.5 cm³/mol. The summed E-state index contributed by atoms with van der Waals surface area (Å²) < 4.78 is 0. The minimum absolute atomic E-state index is 0.550. The zero-order chi connectivity index (χ0) is 12.4. The Hall–Kier alpha value is -0.730. The van der Waals surface area contributed by atoms with E-state index in [9.17, 15) is 0 Å². The Balaban J connectivity index is 2.27. The number of hydrogen-bond acceptors (Lipinski definition) is 2. The molecule has 2 atom stereocenters. The molecule has 0 bridgehead atoms. The molecule has 2 unspecified atom stereocenters. The average molecular weight is 253 g/mol. The molecule has 2 N–H and O–H groups in total. The van der Waals surface area contributed by atoms with Crippen molar-refractivity contribution < 1.29 is 0 Å². The summed E-state index contributed by atoms with van der Waals surface area (Å²) in [6, 6.07) is 6.64. The molecular formula is C14H21ClN2. The number of hydrogen-bond donors (Lipinski definition) is 1. The van der Waals surface area contributed by atoms with Gasteiger partial charge in [0.2, 0.25) is 0 Å². The van der Waals surface area contributed by atoms with Crippen molar-refractivity contribution >= 4 is 17.3 Å². The molecular weight excluding hydrogens is 232 g/mol. The van der Waals surface area contributed by atoms with E-state index < -0.39 is 0 Å². The zero-order valence-electron chi connectivity index (χ0n) is 10.6. The van der Waals surface area contributed by atoms with E-state index >= 15 is 0 Å². The third-order valence-corrected chi connectivity index (χ3v) is 3.94. The summed E-state index contributed by atoms with van der Waals surface area (Å²) in [4.78, 5) is 2.47. The number of nitrogens with two attached hydrogens (primary N) is 1. The van der Waals surface area contributed by atoms with E-state index in [1.165, 1.54) is 18.5 Å². The lowest BCUT2D eigenvalue weighted by Crippen LogP contribution is -2.40. The Labute approximate surface area is 109 Å². The van der Waals surface area contributed by atoms with Gasteiger partial charge in [-0.2, -0.15) is 0 Å². The molecule has 94 valence electrons. The van der Waals surface area contributed by atoms with E-state index in [0.29, 0.717) is 12.6 Å². The average Bonchev–Trinajstić information content (AvgIpc) is 2.30. The topological polar surface area (TPSA) is 29.3 Å². The molecule has 1 aromatic rings. The molecule has 1 fully saturated rings. The van der Waals surface area contributed by atoms with Crippen molar-refractivity contribution in [2.45, 2.75) is 39.3 Å². The number of anilines is 1. The second kappa shape index (κ2) is 5.28. The van der Waals surface area contributed by atoms with Crippen molar-refractivity contribution in [3.8, 4) is 0 Å². The fourth-order valence-electron chi connectivity index (χ4n) is 2.76. The standard InChI is InChI=1S/C14H21ClN2/c1-10-5-6-17(11(2)7-10)14-4-3-13(15)8-12(14)9-16/h3-4,8,10-11H,5-7,9,16H2,1-2H3. The first-order valence-corrected chi connectivity index (χ1v) is 6.74. The van der Waals surface area contributed by atoms with Gasteiger partial charge in [0, 0.05) is 29.8 Å². The summed E-state index contributed by atoms with van der Waals surface area (Å²) in [7, 11) is 0. The smallest absolute Gasteiger partial charge is 0.0415 e. The lowest BCUT2D eigenvalue weighted by Gasteiger charge is -2.39. The number of benzene rings is 1. The first-order valence-electron chi connectivity index (χ1n) is 6.37. The molecule has 0 aromatic heterocycles. The maximum atomic E-state index is 6.02. The summed E-state index contributed by atoms with van der Waals surface area (Å²) in [5.41, 5.74) is 8.23. The molecule has 1 saturated heterocycles. The van der Waals surface area contributed by atoms with Crippen molar-refractivity contribution in [3.05, 3.63) is 28.8 Å². The second-order valence-electron chi connectivity index (χ2n) is 5.15. The van der Waals surface area contributed by atoms with E-state index in [1.807, 2.05) is 12.1 Å². The van der Waals surface area contributed by atoms with Crippen LogP contribution in [-0.2, 0) is 6.54 Å². The van der Waals surface area contributed by atoms with Gasteiger partial charge in [0.05, 0.1) is 0 Å². The quantitative estimate of drug-likeness (QED) is 0.874. The van der Waals surface area contributed by atoms with E-state index in [-0.39, 0.29) is 0 Å². The first kappa shape index (κ1) is 12.7. The van der Waals surface area contributed by atoms with Crippen LogP contribution in [0.2, 0.25) is 5.02 Å². The lowest BCUT2D eigenvalue weighted by atomic mass is 9.92. The number of nitrogens with zero attached hydrogens (tertiary/aromatic N) is 1. The van der Waals surface area contributed by atoms with Gasteiger partial charge < -0.3 is 10.6 Å². The maximum Gasteiger partial charge on any atom is 0.0415 e. The van der Waals surface area contributed by atoms with Gasteiger partial charge in [0.25, 0.3) is 0 Å². The molecule has 2 nitrogen and oxygen atoms in total. The minimum atomic E-state index is 0.550.